The van der Waals surface area contributed by atoms with Crippen molar-refractivity contribution in [3.63, 3.8) is 0 Å². The number of carbonyl (C=O) groups is 1. The summed E-state index contributed by atoms with van der Waals surface area (Å²) in [5.74, 6) is 1.67. The van der Waals surface area contributed by atoms with E-state index in [2.05, 4.69) is 22.1 Å². The van der Waals surface area contributed by atoms with E-state index in [9.17, 15) is 4.79 Å². The van der Waals surface area contributed by atoms with Crippen molar-refractivity contribution >= 4 is 11.9 Å². The zero-order valence-corrected chi connectivity index (χ0v) is 15.5. The number of methoxy groups -OCH3 is 1. The number of piperidine rings is 1. The molecule has 0 saturated carbocycles. The number of rotatable bonds is 6. The van der Waals surface area contributed by atoms with Crippen molar-refractivity contribution in [1.29, 1.82) is 0 Å². The smallest absolute Gasteiger partial charge is 0.308 e. The lowest BCUT2D eigenvalue weighted by Crippen LogP contribution is -2.46. The Kier molecular flexibility index (Phi) is 7.57. The molecule has 6 nitrogen and oxygen atoms in total. The molecule has 0 bridgehead atoms. The first-order valence-corrected chi connectivity index (χ1v) is 8.94. The van der Waals surface area contributed by atoms with Gasteiger partial charge in [-0.3, -0.25) is 4.79 Å². The van der Waals surface area contributed by atoms with Crippen LogP contribution in [0.2, 0.25) is 0 Å². The second-order valence-electron chi connectivity index (χ2n) is 6.19. The molecule has 0 spiro atoms. The minimum absolute atomic E-state index is 0.00813. The van der Waals surface area contributed by atoms with E-state index >= 15 is 0 Å². The standard InChI is InChI=1S/C19H29N3O3/c1-4-20-19(22-11-8-16(9-12-22)18(23)24-3)21-10-13-25-17-7-5-6-15(2)14-17/h5-7,14,16H,4,8-13H2,1-3H3,(H,20,21). The third-order valence-corrected chi connectivity index (χ3v) is 4.28. The molecule has 0 radical (unpaired) electrons. The normalized spacial score (nSPS) is 15.8. The van der Waals surface area contributed by atoms with Gasteiger partial charge in [0.25, 0.3) is 0 Å². The van der Waals surface area contributed by atoms with Crippen LogP contribution in [0.25, 0.3) is 0 Å². The minimum Gasteiger partial charge on any atom is -0.492 e. The minimum atomic E-state index is -0.104. The summed E-state index contributed by atoms with van der Waals surface area (Å²) in [6.45, 7) is 7.67. The summed E-state index contributed by atoms with van der Waals surface area (Å²) in [6.07, 6.45) is 1.60. The number of nitrogens with zero attached hydrogens (tertiary/aromatic N) is 2. The molecular formula is C19H29N3O3. The molecule has 1 fully saturated rings. The molecule has 0 unspecified atom stereocenters. The molecule has 1 aliphatic rings. The number of nitrogens with one attached hydrogen (secondary N) is 1. The van der Waals surface area contributed by atoms with Gasteiger partial charge in [-0.05, 0) is 44.4 Å². The topological polar surface area (TPSA) is 63.2 Å². The van der Waals surface area contributed by atoms with E-state index in [1.807, 2.05) is 31.2 Å². The number of hydrogen-bond acceptors (Lipinski definition) is 4. The van der Waals surface area contributed by atoms with Crippen LogP contribution < -0.4 is 10.1 Å². The molecule has 2 rings (SSSR count). The van der Waals surface area contributed by atoms with Crippen molar-refractivity contribution in [1.82, 2.24) is 10.2 Å². The SMILES string of the molecule is CCNC(=NCCOc1cccc(C)c1)N1CCC(C(=O)OC)CC1. The Morgan fingerprint density at radius 3 is 2.76 bits per heavy atom. The summed E-state index contributed by atoms with van der Waals surface area (Å²) < 4.78 is 10.6. The van der Waals surface area contributed by atoms with Gasteiger partial charge in [0.05, 0.1) is 19.6 Å². The number of aryl methyl sites for hydroxylation is 1. The quantitative estimate of drug-likeness (QED) is 0.370. The first-order valence-electron chi connectivity index (χ1n) is 8.94. The lowest BCUT2D eigenvalue weighted by atomic mass is 9.97. The highest BCUT2D eigenvalue weighted by Crippen LogP contribution is 2.18. The predicted molar refractivity (Wildman–Crippen MR) is 99.0 cm³/mol. The van der Waals surface area contributed by atoms with E-state index in [0.29, 0.717) is 13.2 Å². The summed E-state index contributed by atoms with van der Waals surface area (Å²) >= 11 is 0. The lowest BCUT2D eigenvalue weighted by Gasteiger charge is -2.33. The Bertz CT molecular complexity index is 581. The van der Waals surface area contributed by atoms with Gasteiger partial charge in [-0.1, -0.05) is 12.1 Å². The third kappa shape index (κ3) is 5.96. The average molecular weight is 347 g/mol. The summed E-state index contributed by atoms with van der Waals surface area (Å²) in [4.78, 5) is 18.5. The monoisotopic (exact) mass is 347 g/mol. The maximum Gasteiger partial charge on any atom is 0.308 e. The Morgan fingerprint density at radius 1 is 1.36 bits per heavy atom. The molecule has 1 saturated heterocycles. The summed E-state index contributed by atoms with van der Waals surface area (Å²) in [5, 5.41) is 3.32. The van der Waals surface area contributed by atoms with E-state index in [0.717, 1.165) is 44.2 Å². The highest BCUT2D eigenvalue weighted by Gasteiger charge is 2.26. The van der Waals surface area contributed by atoms with E-state index in [1.165, 1.54) is 12.7 Å². The fourth-order valence-corrected chi connectivity index (χ4v) is 2.94. The molecule has 138 valence electrons. The average Bonchev–Trinajstić information content (AvgIpc) is 2.64. The van der Waals surface area contributed by atoms with E-state index in [1.54, 1.807) is 0 Å². The molecule has 1 N–H and O–H groups in total. The van der Waals surface area contributed by atoms with Gasteiger partial charge in [0.1, 0.15) is 12.4 Å². The molecule has 1 aromatic rings. The van der Waals surface area contributed by atoms with Crippen LogP contribution in [0.1, 0.15) is 25.3 Å². The largest absolute Gasteiger partial charge is 0.492 e. The summed E-state index contributed by atoms with van der Waals surface area (Å²) in [7, 11) is 1.45. The van der Waals surface area contributed by atoms with Gasteiger partial charge in [-0.2, -0.15) is 0 Å². The number of aliphatic imine (C=N–C) groups is 1. The van der Waals surface area contributed by atoms with E-state index in [-0.39, 0.29) is 11.9 Å². The number of benzene rings is 1. The van der Waals surface area contributed by atoms with Crippen LogP contribution in [-0.4, -0.2) is 56.7 Å². The maximum absolute atomic E-state index is 11.6. The van der Waals surface area contributed by atoms with Gasteiger partial charge in [0.2, 0.25) is 0 Å². The first-order chi connectivity index (χ1) is 12.1. The molecular weight excluding hydrogens is 318 g/mol. The fourth-order valence-electron chi connectivity index (χ4n) is 2.94. The molecule has 1 aromatic carbocycles. The van der Waals surface area contributed by atoms with Crippen LogP contribution >= 0.6 is 0 Å². The number of likely N-dealkylation sites (tertiary alicyclic amines) is 1. The van der Waals surface area contributed by atoms with Crippen molar-refractivity contribution in [2.45, 2.75) is 26.7 Å². The summed E-state index contributed by atoms with van der Waals surface area (Å²) in [5.41, 5.74) is 1.18. The first kappa shape index (κ1) is 19.1. The van der Waals surface area contributed by atoms with Crippen LogP contribution in [-0.2, 0) is 9.53 Å². The molecule has 6 heteroatoms. The van der Waals surface area contributed by atoms with Crippen LogP contribution in [0.5, 0.6) is 5.75 Å². The van der Waals surface area contributed by atoms with Gasteiger partial charge < -0.3 is 19.7 Å². The molecule has 1 heterocycles. The number of carbonyl (C=O) groups excluding carboxylic acids is 1. The van der Waals surface area contributed by atoms with Crippen molar-refractivity contribution < 1.29 is 14.3 Å². The number of guanidine groups is 1. The van der Waals surface area contributed by atoms with E-state index in [4.69, 9.17) is 9.47 Å². The fraction of sp³-hybridized carbons (Fsp3) is 0.579. The predicted octanol–water partition coefficient (Wildman–Crippen LogP) is 2.22. The van der Waals surface area contributed by atoms with Gasteiger partial charge in [-0.25, -0.2) is 4.99 Å². The van der Waals surface area contributed by atoms with Crippen molar-refractivity contribution in [3.05, 3.63) is 29.8 Å². The zero-order chi connectivity index (χ0) is 18.1. The van der Waals surface area contributed by atoms with Crippen LogP contribution in [0, 0.1) is 12.8 Å². The number of esters is 1. The van der Waals surface area contributed by atoms with Gasteiger partial charge in [0, 0.05) is 19.6 Å². The Balaban J connectivity index is 1.83. The van der Waals surface area contributed by atoms with Crippen LogP contribution in [0.15, 0.2) is 29.3 Å². The van der Waals surface area contributed by atoms with Crippen LogP contribution in [0.3, 0.4) is 0 Å². The van der Waals surface area contributed by atoms with Crippen molar-refractivity contribution in [3.8, 4) is 5.75 Å². The maximum atomic E-state index is 11.6. The molecule has 0 atom stereocenters. The molecule has 1 aliphatic heterocycles. The number of hydrogen-bond donors (Lipinski definition) is 1. The number of ether oxygens (including phenoxy) is 2. The molecule has 25 heavy (non-hydrogen) atoms. The Morgan fingerprint density at radius 2 is 2.12 bits per heavy atom. The van der Waals surface area contributed by atoms with Crippen molar-refractivity contribution in [2.75, 3.05) is 39.9 Å². The molecule has 0 aromatic heterocycles. The molecule has 0 amide bonds. The summed E-state index contributed by atoms with van der Waals surface area (Å²) in [6, 6.07) is 8.02. The zero-order valence-electron chi connectivity index (χ0n) is 15.5. The van der Waals surface area contributed by atoms with Gasteiger partial charge >= 0.3 is 5.97 Å². The Hall–Kier alpha value is -2.24. The molecule has 0 aliphatic carbocycles. The van der Waals surface area contributed by atoms with Crippen molar-refractivity contribution in [2.24, 2.45) is 10.9 Å². The lowest BCUT2D eigenvalue weighted by molar-refractivity contribution is -0.146. The van der Waals surface area contributed by atoms with Gasteiger partial charge in [0.15, 0.2) is 5.96 Å². The second kappa shape index (κ2) is 9.91. The van der Waals surface area contributed by atoms with Crippen LogP contribution in [0.4, 0.5) is 0 Å². The highest BCUT2D eigenvalue weighted by atomic mass is 16.5. The van der Waals surface area contributed by atoms with Gasteiger partial charge in [-0.15, -0.1) is 0 Å². The highest BCUT2D eigenvalue weighted by molar-refractivity contribution is 5.80. The Labute approximate surface area is 150 Å². The second-order valence-corrected chi connectivity index (χ2v) is 6.19. The van der Waals surface area contributed by atoms with E-state index < -0.39 is 0 Å². The third-order valence-electron chi connectivity index (χ3n) is 4.28.